The van der Waals surface area contributed by atoms with Crippen molar-refractivity contribution in [2.45, 2.75) is 10.8 Å². The molecule has 0 saturated carbocycles. The van der Waals surface area contributed by atoms with Gasteiger partial charge in [-0.2, -0.15) is 0 Å². The van der Waals surface area contributed by atoms with Gasteiger partial charge in [-0.05, 0) is 35.4 Å². The van der Waals surface area contributed by atoms with Crippen LogP contribution < -0.4 is 10.0 Å². The predicted octanol–water partition coefficient (Wildman–Crippen LogP) is 6.32. The molecule has 0 radical (unpaired) electrons. The number of nitrogens with one attached hydrogen (secondary N) is 2. The van der Waals surface area contributed by atoms with E-state index < -0.39 is 10.0 Å². The smallest absolute Gasteiger partial charge is 0.263 e. The lowest BCUT2D eigenvalue weighted by atomic mass is 9.89. The van der Waals surface area contributed by atoms with E-state index in [1.165, 1.54) is 33.8 Å². The number of anilines is 3. The van der Waals surface area contributed by atoms with Crippen molar-refractivity contribution >= 4 is 48.6 Å². The van der Waals surface area contributed by atoms with E-state index in [9.17, 15) is 8.42 Å². The first-order valence-corrected chi connectivity index (χ1v) is 13.7. The van der Waals surface area contributed by atoms with E-state index in [-0.39, 0.29) is 10.8 Å². The van der Waals surface area contributed by atoms with Crippen molar-refractivity contribution in [3.05, 3.63) is 119 Å². The van der Waals surface area contributed by atoms with Crippen LogP contribution in [0.4, 0.5) is 16.0 Å². The lowest BCUT2D eigenvalue weighted by Crippen LogP contribution is -2.12. The molecule has 170 valence electrons. The minimum Gasteiger partial charge on any atom is -0.332 e. The average Bonchev–Trinajstić information content (AvgIpc) is 3.53. The van der Waals surface area contributed by atoms with Gasteiger partial charge in [0, 0.05) is 22.6 Å². The second-order valence-electron chi connectivity index (χ2n) is 7.42. The Hall–Kier alpha value is -3.53. The molecule has 0 aliphatic heterocycles. The first-order chi connectivity index (χ1) is 16.6. The highest BCUT2D eigenvalue weighted by molar-refractivity contribution is 7.93. The molecule has 0 aliphatic carbocycles. The summed E-state index contributed by atoms with van der Waals surface area (Å²) in [6, 6.07) is 27.2. The van der Waals surface area contributed by atoms with E-state index in [4.69, 9.17) is 4.98 Å². The Balaban J connectivity index is 1.35. The maximum Gasteiger partial charge on any atom is 0.263 e. The van der Waals surface area contributed by atoms with Gasteiger partial charge in [0.15, 0.2) is 10.3 Å². The maximum absolute atomic E-state index is 12.5. The molecule has 5 rings (SSSR count). The minimum atomic E-state index is -3.68. The summed E-state index contributed by atoms with van der Waals surface area (Å²) in [7, 11) is -3.68. The molecule has 9 heteroatoms. The van der Waals surface area contributed by atoms with Crippen molar-refractivity contribution in [2.75, 3.05) is 10.0 Å². The molecular formula is C25H20N4O2S3. The molecule has 0 fully saturated rings. The molecule has 0 saturated heterocycles. The summed E-state index contributed by atoms with van der Waals surface area (Å²) in [4.78, 5) is 8.99. The number of aromatic nitrogens is 2. The van der Waals surface area contributed by atoms with E-state index in [2.05, 4.69) is 44.7 Å². The molecule has 2 N–H and O–H groups in total. The van der Waals surface area contributed by atoms with Crippen molar-refractivity contribution in [2.24, 2.45) is 0 Å². The van der Waals surface area contributed by atoms with E-state index in [1.807, 2.05) is 36.4 Å². The summed E-state index contributed by atoms with van der Waals surface area (Å²) >= 11 is 2.74. The number of hydrogen-bond acceptors (Lipinski definition) is 7. The number of hydrogen-bond donors (Lipinski definition) is 2. The lowest BCUT2D eigenvalue weighted by Gasteiger charge is -2.16. The monoisotopic (exact) mass is 504 g/mol. The van der Waals surface area contributed by atoms with Crippen molar-refractivity contribution < 1.29 is 8.42 Å². The normalized spacial score (nSPS) is 11.4. The lowest BCUT2D eigenvalue weighted by molar-refractivity contribution is 0.601. The zero-order valence-corrected chi connectivity index (χ0v) is 20.3. The Kier molecular flexibility index (Phi) is 6.39. The topological polar surface area (TPSA) is 84.0 Å². The Morgan fingerprint density at radius 3 is 2.00 bits per heavy atom. The van der Waals surface area contributed by atoms with Crippen LogP contribution in [0.5, 0.6) is 0 Å². The standard InChI is InChI=1S/C25H20N4O2S3/c30-34(31,29-24-26-15-16-32-24)21-13-11-20(12-14-21)27-25-28-22(17-33-25)23(18-7-3-1-4-8-18)19-9-5-2-6-10-19/h1-17,23H,(H,26,29)(H,27,28). The molecule has 0 aliphatic rings. The molecular weight excluding hydrogens is 485 g/mol. The quantitative estimate of drug-likeness (QED) is 0.258. The number of benzene rings is 3. The zero-order chi connectivity index (χ0) is 23.4. The second-order valence-corrected chi connectivity index (χ2v) is 10.9. The second kappa shape index (κ2) is 9.76. The molecule has 0 unspecified atom stereocenters. The van der Waals surface area contributed by atoms with Crippen LogP contribution in [0.3, 0.4) is 0 Å². The van der Waals surface area contributed by atoms with Crippen molar-refractivity contribution in [3.63, 3.8) is 0 Å². The Labute approximate surface area is 206 Å². The largest absolute Gasteiger partial charge is 0.332 e. The van der Waals surface area contributed by atoms with E-state index in [0.717, 1.165) is 16.5 Å². The van der Waals surface area contributed by atoms with Crippen LogP contribution in [0.25, 0.3) is 0 Å². The zero-order valence-electron chi connectivity index (χ0n) is 17.8. The maximum atomic E-state index is 12.5. The molecule has 0 amide bonds. The van der Waals surface area contributed by atoms with E-state index in [1.54, 1.807) is 35.8 Å². The molecule has 3 aromatic carbocycles. The third kappa shape index (κ3) is 5.01. The van der Waals surface area contributed by atoms with E-state index >= 15 is 0 Å². The van der Waals surface area contributed by atoms with Gasteiger partial charge in [-0.3, -0.25) is 4.72 Å². The Morgan fingerprint density at radius 2 is 1.41 bits per heavy atom. The highest BCUT2D eigenvalue weighted by atomic mass is 32.2. The fraction of sp³-hybridized carbons (Fsp3) is 0.0400. The first kappa shape index (κ1) is 22.3. The molecule has 0 atom stereocenters. The number of sulfonamides is 1. The van der Waals surface area contributed by atoms with Crippen molar-refractivity contribution in [3.8, 4) is 0 Å². The van der Waals surface area contributed by atoms with Crippen LogP contribution in [-0.4, -0.2) is 18.4 Å². The summed E-state index contributed by atoms with van der Waals surface area (Å²) in [5, 5.41) is 8.14. The van der Waals surface area contributed by atoms with Gasteiger partial charge >= 0.3 is 0 Å². The highest BCUT2D eigenvalue weighted by Crippen LogP contribution is 2.34. The fourth-order valence-corrected chi connectivity index (χ4v) is 6.13. The minimum absolute atomic E-state index is 0.0265. The van der Waals surface area contributed by atoms with Gasteiger partial charge in [0.25, 0.3) is 10.0 Å². The van der Waals surface area contributed by atoms with Crippen LogP contribution in [0.2, 0.25) is 0 Å². The third-order valence-corrected chi connectivity index (χ3v) is 8.10. The van der Waals surface area contributed by atoms with Crippen molar-refractivity contribution in [1.29, 1.82) is 0 Å². The van der Waals surface area contributed by atoms with Gasteiger partial charge in [-0.1, -0.05) is 60.7 Å². The van der Waals surface area contributed by atoms with Gasteiger partial charge in [0.2, 0.25) is 0 Å². The summed E-state index contributed by atoms with van der Waals surface area (Å²) < 4.78 is 27.6. The van der Waals surface area contributed by atoms with Crippen LogP contribution in [0.1, 0.15) is 22.7 Å². The Bertz CT molecular complexity index is 1410. The van der Waals surface area contributed by atoms with Gasteiger partial charge in [0.1, 0.15) is 0 Å². The van der Waals surface area contributed by atoms with Gasteiger partial charge in [0.05, 0.1) is 16.5 Å². The molecule has 0 bridgehead atoms. The molecule has 5 aromatic rings. The summed E-state index contributed by atoms with van der Waals surface area (Å²) in [6.45, 7) is 0. The molecule has 34 heavy (non-hydrogen) atoms. The summed E-state index contributed by atoms with van der Waals surface area (Å²) in [5.41, 5.74) is 4.06. The number of rotatable bonds is 8. The predicted molar refractivity (Wildman–Crippen MR) is 139 cm³/mol. The van der Waals surface area contributed by atoms with Gasteiger partial charge < -0.3 is 5.32 Å². The SMILES string of the molecule is O=S(=O)(Nc1nccs1)c1ccc(Nc2nc(C(c3ccccc3)c3ccccc3)cs2)cc1. The van der Waals surface area contributed by atoms with E-state index in [0.29, 0.717) is 5.13 Å². The molecule has 2 heterocycles. The Morgan fingerprint density at radius 1 is 0.765 bits per heavy atom. The summed E-state index contributed by atoms with van der Waals surface area (Å²) in [6.07, 6.45) is 1.55. The molecule has 6 nitrogen and oxygen atoms in total. The average molecular weight is 505 g/mol. The number of thiazole rings is 2. The van der Waals surface area contributed by atoms with Crippen molar-refractivity contribution in [1.82, 2.24) is 9.97 Å². The first-order valence-electron chi connectivity index (χ1n) is 10.4. The van der Waals surface area contributed by atoms with Crippen LogP contribution >= 0.6 is 22.7 Å². The summed E-state index contributed by atoms with van der Waals surface area (Å²) in [5.74, 6) is 0.0265. The van der Waals surface area contributed by atoms with Crippen LogP contribution in [-0.2, 0) is 10.0 Å². The van der Waals surface area contributed by atoms with Gasteiger partial charge in [-0.25, -0.2) is 18.4 Å². The number of nitrogens with zero attached hydrogens (tertiary/aromatic N) is 2. The van der Waals surface area contributed by atoms with Gasteiger partial charge in [-0.15, -0.1) is 22.7 Å². The third-order valence-electron chi connectivity index (χ3n) is 5.15. The fourth-order valence-electron chi connectivity index (χ4n) is 3.59. The molecule has 0 spiro atoms. The van der Waals surface area contributed by atoms with Crippen LogP contribution in [0, 0.1) is 0 Å². The molecule has 2 aromatic heterocycles. The van der Waals surface area contributed by atoms with Crippen LogP contribution in [0.15, 0.2) is 107 Å². The highest BCUT2D eigenvalue weighted by Gasteiger charge is 2.20.